The van der Waals surface area contributed by atoms with E-state index in [0.717, 1.165) is 64.1 Å². The minimum Gasteiger partial charge on any atom is -0.357 e. The van der Waals surface area contributed by atoms with Crippen LogP contribution >= 0.6 is 24.0 Å². The average molecular weight is 519 g/mol. The molecule has 1 unspecified atom stereocenters. The van der Waals surface area contributed by atoms with Crippen LogP contribution in [-0.4, -0.2) is 60.9 Å². The van der Waals surface area contributed by atoms with E-state index in [1.54, 1.807) is 0 Å². The lowest BCUT2D eigenvalue weighted by molar-refractivity contribution is -0.135. The maximum absolute atomic E-state index is 12.7. The van der Waals surface area contributed by atoms with Crippen LogP contribution in [0.2, 0.25) is 0 Å². The van der Waals surface area contributed by atoms with Crippen LogP contribution in [0.5, 0.6) is 0 Å². The first-order chi connectivity index (χ1) is 13.7. The van der Waals surface area contributed by atoms with Gasteiger partial charge in [-0.1, -0.05) is 19.3 Å². The van der Waals surface area contributed by atoms with Crippen molar-refractivity contribution >= 4 is 41.8 Å². The third-order valence-electron chi connectivity index (χ3n) is 5.91. The molecule has 3 rings (SSSR count). The summed E-state index contributed by atoms with van der Waals surface area (Å²) in [5.74, 6) is 1.54. The van der Waals surface area contributed by atoms with Gasteiger partial charge in [-0.3, -0.25) is 14.6 Å². The van der Waals surface area contributed by atoms with Crippen LogP contribution in [0.25, 0.3) is 0 Å². The van der Waals surface area contributed by atoms with E-state index in [1.807, 2.05) is 11.8 Å². The Morgan fingerprint density at radius 3 is 2.45 bits per heavy atom. The van der Waals surface area contributed by atoms with Crippen molar-refractivity contribution < 1.29 is 9.59 Å². The highest BCUT2D eigenvalue weighted by Crippen LogP contribution is 2.26. The predicted octanol–water partition coefficient (Wildman–Crippen LogP) is 2.40. The van der Waals surface area contributed by atoms with Gasteiger partial charge < -0.3 is 20.9 Å². The minimum absolute atomic E-state index is 0. The summed E-state index contributed by atoms with van der Waals surface area (Å²) >= 11 is 0. The predicted molar refractivity (Wildman–Crippen MR) is 126 cm³/mol. The van der Waals surface area contributed by atoms with Crippen LogP contribution < -0.4 is 16.0 Å². The molecular weight excluding hydrogens is 481 g/mol. The zero-order valence-corrected chi connectivity index (χ0v) is 20.1. The van der Waals surface area contributed by atoms with Crippen LogP contribution in [0.4, 0.5) is 0 Å². The van der Waals surface area contributed by atoms with E-state index in [9.17, 15) is 9.59 Å². The first kappa shape index (κ1) is 24.2. The van der Waals surface area contributed by atoms with E-state index in [2.05, 4.69) is 20.9 Å². The molecule has 0 aromatic heterocycles. The lowest BCUT2D eigenvalue weighted by Crippen LogP contribution is -2.45. The zero-order valence-electron chi connectivity index (χ0n) is 17.8. The van der Waals surface area contributed by atoms with E-state index < -0.39 is 0 Å². The van der Waals surface area contributed by atoms with E-state index in [0.29, 0.717) is 24.9 Å². The molecule has 2 aliphatic carbocycles. The molecule has 1 atom stereocenters. The van der Waals surface area contributed by atoms with Crippen molar-refractivity contribution in [2.75, 3.05) is 26.2 Å². The van der Waals surface area contributed by atoms with Gasteiger partial charge in [0, 0.05) is 50.6 Å². The van der Waals surface area contributed by atoms with Crippen molar-refractivity contribution in [1.29, 1.82) is 0 Å². The molecule has 0 spiro atoms. The van der Waals surface area contributed by atoms with Crippen LogP contribution in [0, 0.1) is 5.92 Å². The summed E-state index contributed by atoms with van der Waals surface area (Å²) in [5, 5.41) is 9.77. The number of rotatable bonds is 8. The number of carbonyl (C=O) groups is 2. The first-order valence-electron chi connectivity index (χ1n) is 11.3. The van der Waals surface area contributed by atoms with Gasteiger partial charge in [-0.2, -0.15) is 0 Å². The van der Waals surface area contributed by atoms with E-state index in [4.69, 9.17) is 0 Å². The summed E-state index contributed by atoms with van der Waals surface area (Å²) < 4.78 is 0. The van der Waals surface area contributed by atoms with Gasteiger partial charge in [0.05, 0.1) is 0 Å². The number of hydrogen-bond donors (Lipinski definition) is 3. The van der Waals surface area contributed by atoms with Crippen LogP contribution in [0.1, 0.15) is 71.1 Å². The van der Waals surface area contributed by atoms with Gasteiger partial charge in [-0.05, 0) is 45.4 Å². The number of likely N-dealkylation sites (tertiary alicyclic amines) is 1. The largest absolute Gasteiger partial charge is 0.357 e. The molecule has 0 radical (unpaired) electrons. The molecule has 29 heavy (non-hydrogen) atoms. The third-order valence-corrected chi connectivity index (χ3v) is 5.91. The molecule has 0 aromatic rings. The molecule has 3 fully saturated rings. The molecule has 7 nitrogen and oxygen atoms in total. The number of amides is 2. The van der Waals surface area contributed by atoms with Gasteiger partial charge in [0.25, 0.3) is 0 Å². The van der Waals surface area contributed by atoms with Crippen molar-refractivity contribution in [2.45, 2.75) is 83.2 Å². The smallest absolute Gasteiger partial charge is 0.225 e. The van der Waals surface area contributed by atoms with E-state index in [-0.39, 0.29) is 41.8 Å². The lowest BCUT2D eigenvalue weighted by atomic mass is 9.88. The van der Waals surface area contributed by atoms with Crippen LogP contribution in [-0.2, 0) is 9.59 Å². The number of nitrogens with zero attached hydrogens (tertiary/aromatic N) is 2. The maximum Gasteiger partial charge on any atom is 0.225 e. The molecule has 1 aliphatic heterocycles. The quantitative estimate of drug-likeness (QED) is 0.199. The normalized spacial score (nSPS) is 22.7. The number of nitrogens with one attached hydrogen (secondary N) is 3. The molecule has 1 heterocycles. The van der Waals surface area contributed by atoms with Crippen molar-refractivity contribution in [2.24, 2.45) is 10.9 Å². The number of aliphatic imine (C=N–C) groups is 1. The Labute approximate surface area is 192 Å². The van der Waals surface area contributed by atoms with Gasteiger partial charge in [0.15, 0.2) is 5.96 Å². The summed E-state index contributed by atoms with van der Waals surface area (Å²) in [6.45, 7) is 5.08. The number of carbonyl (C=O) groups excluding carboxylic acids is 2. The van der Waals surface area contributed by atoms with Crippen molar-refractivity contribution in [3.05, 3.63) is 0 Å². The topological polar surface area (TPSA) is 85.8 Å². The number of guanidine groups is 1. The van der Waals surface area contributed by atoms with Crippen molar-refractivity contribution in [3.63, 3.8) is 0 Å². The van der Waals surface area contributed by atoms with Gasteiger partial charge in [-0.25, -0.2) is 0 Å². The Balaban J connectivity index is 0.00000300. The fourth-order valence-electron chi connectivity index (χ4n) is 4.16. The average Bonchev–Trinajstić information content (AvgIpc) is 3.40. The molecule has 8 heteroatoms. The fraction of sp³-hybridized carbons (Fsp3) is 0.857. The molecule has 3 N–H and O–H groups in total. The summed E-state index contributed by atoms with van der Waals surface area (Å²) in [4.78, 5) is 31.1. The summed E-state index contributed by atoms with van der Waals surface area (Å²) in [5.41, 5.74) is 0. The van der Waals surface area contributed by atoms with Gasteiger partial charge in [0.1, 0.15) is 0 Å². The second-order valence-corrected chi connectivity index (χ2v) is 8.46. The van der Waals surface area contributed by atoms with E-state index >= 15 is 0 Å². The van der Waals surface area contributed by atoms with Crippen LogP contribution in [0.3, 0.4) is 0 Å². The highest BCUT2D eigenvalue weighted by Gasteiger charge is 2.31. The van der Waals surface area contributed by atoms with Crippen molar-refractivity contribution in [3.8, 4) is 0 Å². The fourth-order valence-corrected chi connectivity index (χ4v) is 4.16. The highest BCUT2D eigenvalue weighted by atomic mass is 127. The summed E-state index contributed by atoms with van der Waals surface area (Å²) in [6.07, 6.45) is 10.3. The summed E-state index contributed by atoms with van der Waals surface area (Å²) in [7, 11) is 0. The SMILES string of the molecule is CCNC(=NCCCC(=O)NC1CC1)NC1CCN(C(=O)C2CCCCC2)C1.I. The Morgan fingerprint density at radius 2 is 1.76 bits per heavy atom. The van der Waals surface area contributed by atoms with Crippen LogP contribution in [0.15, 0.2) is 4.99 Å². The highest BCUT2D eigenvalue weighted by molar-refractivity contribution is 14.0. The molecule has 3 aliphatic rings. The molecule has 166 valence electrons. The Kier molecular flexibility index (Phi) is 10.5. The van der Waals surface area contributed by atoms with E-state index in [1.165, 1.54) is 19.3 Å². The van der Waals surface area contributed by atoms with Crippen molar-refractivity contribution in [1.82, 2.24) is 20.9 Å². The Hall–Kier alpha value is -1.06. The molecule has 1 saturated heterocycles. The second kappa shape index (κ2) is 12.6. The third kappa shape index (κ3) is 8.30. The maximum atomic E-state index is 12.7. The van der Waals surface area contributed by atoms with Gasteiger partial charge >= 0.3 is 0 Å². The second-order valence-electron chi connectivity index (χ2n) is 8.46. The molecular formula is C21H38IN5O2. The van der Waals surface area contributed by atoms with Gasteiger partial charge in [0.2, 0.25) is 11.8 Å². The Bertz CT molecular complexity index is 561. The Morgan fingerprint density at radius 1 is 1.00 bits per heavy atom. The van der Waals surface area contributed by atoms with Gasteiger partial charge in [-0.15, -0.1) is 24.0 Å². The number of halogens is 1. The zero-order chi connectivity index (χ0) is 19.8. The molecule has 2 amide bonds. The standard InChI is InChI=1S/C21H37N5O2.HI/c1-2-22-21(23-13-6-9-19(27)24-17-10-11-17)25-18-12-14-26(15-18)20(28)16-7-4-3-5-8-16;/h16-18H,2-15H2,1H3,(H,24,27)(H2,22,23,25);1H. The number of hydrogen-bond acceptors (Lipinski definition) is 3. The summed E-state index contributed by atoms with van der Waals surface area (Å²) in [6, 6.07) is 0.681. The first-order valence-corrected chi connectivity index (χ1v) is 11.3. The molecule has 0 bridgehead atoms. The molecule has 2 saturated carbocycles. The lowest BCUT2D eigenvalue weighted by Gasteiger charge is -2.26. The minimum atomic E-state index is 0. The monoisotopic (exact) mass is 519 g/mol. The molecule has 0 aromatic carbocycles.